The zero-order chi connectivity index (χ0) is 21.4. The smallest absolute Gasteiger partial charge is 0.343 e. The van der Waals surface area contributed by atoms with Gasteiger partial charge in [0.15, 0.2) is 0 Å². The highest BCUT2D eigenvalue weighted by Crippen LogP contribution is 2.30. The zero-order valence-corrected chi connectivity index (χ0v) is 17.6. The van der Waals surface area contributed by atoms with Crippen molar-refractivity contribution in [3.63, 3.8) is 0 Å². The minimum absolute atomic E-state index is 0.314. The van der Waals surface area contributed by atoms with Gasteiger partial charge in [-0.2, -0.15) is 0 Å². The van der Waals surface area contributed by atoms with Crippen molar-refractivity contribution in [3.8, 4) is 0 Å². The number of nitrogens with zero attached hydrogens (tertiary/aromatic N) is 1. The minimum atomic E-state index is -0.314. The molecule has 0 N–H and O–H groups in total. The summed E-state index contributed by atoms with van der Waals surface area (Å²) in [5.41, 5.74) is 7.30. The first kappa shape index (κ1) is 19.1. The Kier molecular flexibility index (Phi) is 4.79. The van der Waals surface area contributed by atoms with Gasteiger partial charge in [0.2, 0.25) is 0 Å². The molecular weight excluding hydrogens is 382 g/mol. The summed E-state index contributed by atoms with van der Waals surface area (Å²) in [5, 5.41) is 1.12. The number of aryl methyl sites for hydroxylation is 2. The predicted octanol–water partition coefficient (Wildman–Crippen LogP) is 6.29. The first-order valence-corrected chi connectivity index (χ1v) is 10.4. The van der Waals surface area contributed by atoms with E-state index in [0.29, 0.717) is 11.3 Å². The lowest BCUT2D eigenvalue weighted by Gasteiger charge is -2.06. The van der Waals surface area contributed by atoms with Crippen molar-refractivity contribution in [2.24, 2.45) is 0 Å². The lowest BCUT2D eigenvalue weighted by molar-refractivity contribution is -0.130. The Labute approximate surface area is 181 Å². The van der Waals surface area contributed by atoms with Gasteiger partial charge < -0.3 is 9.30 Å². The maximum Gasteiger partial charge on any atom is 0.343 e. The van der Waals surface area contributed by atoms with Crippen molar-refractivity contribution in [3.05, 3.63) is 118 Å². The molecule has 1 aromatic heterocycles. The Morgan fingerprint density at radius 1 is 0.903 bits per heavy atom. The normalized spacial score (nSPS) is 14.8. The molecule has 1 aliphatic rings. The van der Waals surface area contributed by atoms with Crippen molar-refractivity contribution >= 4 is 28.7 Å². The Balaban J connectivity index is 1.53. The first-order chi connectivity index (χ1) is 15.1. The number of carbonyl (C=O) groups is 1. The molecular formula is C28H23NO2. The molecule has 152 valence electrons. The van der Waals surface area contributed by atoms with Crippen LogP contribution < -0.4 is 0 Å². The van der Waals surface area contributed by atoms with E-state index in [-0.39, 0.29) is 5.97 Å². The molecule has 0 saturated carbocycles. The van der Waals surface area contributed by atoms with E-state index in [1.807, 2.05) is 55.5 Å². The van der Waals surface area contributed by atoms with Gasteiger partial charge in [-0.15, -0.1) is 0 Å². The molecule has 1 aliphatic heterocycles. The molecule has 0 fully saturated rings. The fraction of sp³-hybridized carbons (Fsp3) is 0.107. The third kappa shape index (κ3) is 3.82. The van der Waals surface area contributed by atoms with Gasteiger partial charge in [-0.25, -0.2) is 4.79 Å². The van der Waals surface area contributed by atoms with Gasteiger partial charge in [0.25, 0.3) is 0 Å². The summed E-state index contributed by atoms with van der Waals surface area (Å²) in [6.45, 7) is 4.92. The van der Waals surface area contributed by atoms with E-state index >= 15 is 0 Å². The van der Waals surface area contributed by atoms with Crippen LogP contribution >= 0.6 is 0 Å². The molecule has 3 nitrogen and oxygen atoms in total. The van der Waals surface area contributed by atoms with Crippen LogP contribution in [0.1, 0.15) is 27.8 Å². The van der Waals surface area contributed by atoms with Crippen molar-refractivity contribution in [1.29, 1.82) is 0 Å². The summed E-state index contributed by atoms with van der Waals surface area (Å²) >= 11 is 0. The second-order valence-electron chi connectivity index (χ2n) is 8.08. The van der Waals surface area contributed by atoms with Crippen LogP contribution in [0.3, 0.4) is 0 Å². The summed E-state index contributed by atoms with van der Waals surface area (Å²) in [7, 11) is 0. The van der Waals surface area contributed by atoms with Crippen LogP contribution in [0.5, 0.6) is 0 Å². The quantitative estimate of drug-likeness (QED) is 0.295. The number of ether oxygens (including phenoxy) is 1. The first-order valence-electron chi connectivity index (χ1n) is 10.4. The van der Waals surface area contributed by atoms with Crippen LogP contribution in [0, 0.1) is 13.8 Å². The van der Waals surface area contributed by atoms with Crippen LogP contribution in [0.4, 0.5) is 0 Å². The van der Waals surface area contributed by atoms with E-state index in [2.05, 4.69) is 54.1 Å². The molecule has 3 aromatic carbocycles. The van der Waals surface area contributed by atoms with Gasteiger partial charge in [-0.3, -0.25) is 0 Å². The molecule has 0 atom stereocenters. The fourth-order valence-electron chi connectivity index (χ4n) is 4.04. The van der Waals surface area contributed by atoms with Crippen molar-refractivity contribution in [1.82, 2.24) is 4.57 Å². The van der Waals surface area contributed by atoms with E-state index in [4.69, 9.17) is 4.74 Å². The maximum absolute atomic E-state index is 12.6. The van der Waals surface area contributed by atoms with E-state index < -0.39 is 0 Å². The van der Waals surface area contributed by atoms with Crippen molar-refractivity contribution in [2.75, 3.05) is 0 Å². The molecule has 0 saturated heterocycles. The molecule has 0 amide bonds. The number of esters is 1. The highest BCUT2D eigenvalue weighted by molar-refractivity contribution is 6.06. The SMILES string of the molecule is Cc1ccc(C2=C/C(=C/c3cn(Cc4cccc(C)c4)c4ccccc34)C(=O)O2)cc1. The Hall–Kier alpha value is -3.85. The average Bonchev–Trinajstić information content (AvgIpc) is 3.30. The Morgan fingerprint density at radius 2 is 1.71 bits per heavy atom. The molecule has 2 heterocycles. The maximum atomic E-state index is 12.6. The summed E-state index contributed by atoms with van der Waals surface area (Å²) in [5.74, 6) is 0.283. The summed E-state index contributed by atoms with van der Waals surface area (Å²) in [6.07, 6.45) is 5.88. The van der Waals surface area contributed by atoms with E-state index in [9.17, 15) is 4.79 Å². The number of rotatable bonds is 4. The molecule has 0 unspecified atom stereocenters. The lowest BCUT2D eigenvalue weighted by Crippen LogP contribution is -1.98. The number of fused-ring (bicyclic) bond motifs is 1. The van der Waals surface area contributed by atoms with Gasteiger partial charge in [0.1, 0.15) is 5.76 Å². The Morgan fingerprint density at radius 3 is 2.52 bits per heavy atom. The number of cyclic esters (lactones) is 1. The van der Waals surface area contributed by atoms with Gasteiger partial charge in [-0.05, 0) is 37.6 Å². The summed E-state index contributed by atoms with van der Waals surface area (Å²) in [4.78, 5) is 12.6. The molecule has 31 heavy (non-hydrogen) atoms. The summed E-state index contributed by atoms with van der Waals surface area (Å²) in [6, 6.07) is 24.8. The summed E-state index contributed by atoms with van der Waals surface area (Å²) < 4.78 is 7.78. The largest absolute Gasteiger partial charge is 0.422 e. The van der Waals surface area contributed by atoms with Gasteiger partial charge in [0, 0.05) is 34.8 Å². The van der Waals surface area contributed by atoms with Gasteiger partial charge in [0.05, 0.1) is 5.57 Å². The second kappa shape index (κ2) is 7.77. The molecule has 0 radical (unpaired) electrons. The number of para-hydroxylation sites is 1. The van der Waals surface area contributed by atoms with Crippen LogP contribution in [0.15, 0.2) is 90.6 Å². The van der Waals surface area contributed by atoms with Gasteiger partial charge >= 0.3 is 5.97 Å². The number of hydrogen-bond acceptors (Lipinski definition) is 2. The topological polar surface area (TPSA) is 31.2 Å². The van der Waals surface area contributed by atoms with Gasteiger partial charge in [-0.1, -0.05) is 77.9 Å². The van der Waals surface area contributed by atoms with Crippen LogP contribution in [-0.2, 0) is 16.1 Å². The average molecular weight is 405 g/mol. The monoisotopic (exact) mass is 405 g/mol. The second-order valence-corrected chi connectivity index (χ2v) is 8.08. The van der Waals surface area contributed by atoms with E-state index in [0.717, 1.165) is 28.6 Å². The lowest BCUT2D eigenvalue weighted by atomic mass is 10.1. The van der Waals surface area contributed by atoms with E-state index in [1.165, 1.54) is 16.7 Å². The zero-order valence-electron chi connectivity index (χ0n) is 17.6. The number of aromatic nitrogens is 1. The minimum Gasteiger partial charge on any atom is -0.422 e. The van der Waals surface area contributed by atoms with Crippen LogP contribution in [-0.4, -0.2) is 10.5 Å². The number of hydrogen-bond donors (Lipinski definition) is 0. The number of benzene rings is 3. The standard InChI is InChI=1S/C28H23NO2/c1-19-10-12-22(13-11-19)27-16-23(28(30)31-27)15-24-18-29(26-9-4-3-8-25(24)26)17-21-7-5-6-20(2)14-21/h3-16,18H,17H2,1-2H3/b23-15-. The van der Waals surface area contributed by atoms with Crippen LogP contribution in [0.25, 0.3) is 22.7 Å². The fourth-order valence-corrected chi connectivity index (χ4v) is 4.04. The van der Waals surface area contributed by atoms with Crippen molar-refractivity contribution in [2.45, 2.75) is 20.4 Å². The third-order valence-corrected chi connectivity index (χ3v) is 5.63. The number of carbonyl (C=O) groups excluding carboxylic acids is 1. The molecule has 0 bridgehead atoms. The molecule has 3 heteroatoms. The molecule has 0 spiro atoms. The van der Waals surface area contributed by atoms with Crippen LogP contribution in [0.2, 0.25) is 0 Å². The predicted molar refractivity (Wildman–Crippen MR) is 125 cm³/mol. The molecule has 0 aliphatic carbocycles. The highest BCUT2D eigenvalue weighted by Gasteiger charge is 2.22. The molecule has 4 aromatic rings. The molecule has 5 rings (SSSR count). The van der Waals surface area contributed by atoms with E-state index in [1.54, 1.807) is 0 Å². The third-order valence-electron chi connectivity index (χ3n) is 5.63. The Bertz CT molecular complexity index is 1350. The highest BCUT2D eigenvalue weighted by atomic mass is 16.5. The van der Waals surface area contributed by atoms with Crippen molar-refractivity contribution < 1.29 is 9.53 Å².